The summed E-state index contributed by atoms with van der Waals surface area (Å²) in [6.07, 6.45) is 5.06. The largest absolute Gasteiger partial charge is 0.365 e. The molecule has 3 heterocycles. The smallest absolute Gasteiger partial charge is 0.227 e. The van der Waals surface area contributed by atoms with Gasteiger partial charge >= 0.3 is 0 Å². The van der Waals surface area contributed by atoms with E-state index in [2.05, 4.69) is 20.5 Å². The Balaban J connectivity index is 1.47. The van der Waals surface area contributed by atoms with Gasteiger partial charge in [0.05, 0.1) is 5.69 Å². The molecule has 1 aromatic heterocycles. The van der Waals surface area contributed by atoms with Gasteiger partial charge in [0.15, 0.2) is 5.82 Å². The van der Waals surface area contributed by atoms with E-state index in [1.165, 1.54) is 25.7 Å². The summed E-state index contributed by atoms with van der Waals surface area (Å²) in [5.74, 6) is 2.04. The number of piperidine rings is 1. The van der Waals surface area contributed by atoms with Gasteiger partial charge in [-0.2, -0.15) is 4.98 Å². The van der Waals surface area contributed by atoms with Crippen LogP contribution in [-0.4, -0.2) is 35.6 Å². The predicted molar refractivity (Wildman–Crippen MR) is 122 cm³/mol. The highest BCUT2D eigenvalue weighted by atomic mass is 35.5. The fraction of sp³-hybridized carbons (Fsp3) is 0.524. The van der Waals surface area contributed by atoms with Gasteiger partial charge in [-0.05, 0) is 56.3 Å². The standard InChI is InChI=1S/C21H26Cl3N5/c1-13-19(24)20(26-11-14-5-6-16(22)10-17(14)23)28-21(27-13)29-9-7-15(12-29)18-4-2-3-8-25-18/h5-6,10,15,18,25H,2-4,7-9,11-12H2,1H3,(H,26,27,28). The lowest BCUT2D eigenvalue weighted by Crippen LogP contribution is -2.41. The Labute approximate surface area is 187 Å². The zero-order chi connectivity index (χ0) is 20.4. The van der Waals surface area contributed by atoms with E-state index in [4.69, 9.17) is 39.8 Å². The van der Waals surface area contributed by atoms with Crippen LogP contribution in [0.5, 0.6) is 0 Å². The average molecular weight is 455 g/mol. The first-order valence-corrected chi connectivity index (χ1v) is 11.3. The van der Waals surface area contributed by atoms with E-state index in [1.807, 2.05) is 19.1 Å². The molecular formula is C21H26Cl3N5. The highest BCUT2D eigenvalue weighted by Crippen LogP contribution is 2.31. The minimum atomic E-state index is 0.514. The summed E-state index contributed by atoms with van der Waals surface area (Å²) in [7, 11) is 0. The molecule has 8 heteroatoms. The molecule has 29 heavy (non-hydrogen) atoms. The van der Waals surface area contributed by atoms with Gasteiger partial charge < -0.3 is 15.5 Å². The summed E-state index contributed by atoms with van der Waals surface area (Å²) in [5, 5.41) is 8.79. The Morgan fingerprint density at radius 2 is 2.03 bits per heavy atom. The Bertz CT molecular complexity index is 870. The highest BCUT2D eigenvalue weighted by molar-refractivity contribution is 6.35. The van der Waals surface area contributed by atoms with Gasteiger partial charge in [0.2, 0.25) is 5.95 Å². The minimum absolute atomic E-state index is 0.514. The summed E-state index contributed by atoms with van der Waals surface area (Å²) < 4.78 is 0. The third-order valence-corrected chi connectivity index (χ3v) is 6.93. The topological polar surface area (TPSA) is 53.1 Å². The van der Waals surface area contributed by atoms with Gasteiger partial charge in [-0.15, -0.1) is 0 Å². The molecule has 0 spiro atoms. The molecule has 0 amide bonds. The van der Waals surface area contributed by atoms with E-state index >= 15 is 0 Å². The molecule has 2 aliphatic heterocycles. The molecule has 2 aliphatic rings. The van der Waals surface area contributed by atoms with E-state index in [0.29, 0.717) is 39.4 Å². The zero-order valence-corrected chi connectivity index (χ0v) is 18.8. The van der Waals surface area contributed by atoms with Crippen molar-refractivity contribution in [2.75, 3.05) is 29.9 Å². The van der Waals surface area contributed by atoms with Gasteiger partial charge in [-0.25, -0.2) is 4.98 Å². The maximum absolute atomic E-state index is 6.48. The number of rotatable bonds is 5. The van der Waals surface area contributed by atoms with Gasteiger partial charge in [0.1, 0.15) is 5.02 Å². The van der Waals surface area contributed by atoms with E-state index < -0.39 is 0 Å². The monoisotopic (exact) mass is 453 g/mol. The van der Waals surface area contributed by atoms with Crippen molar-refractivity contribution in [3.05, 3.63) is 44.5 Å². The lowest BCUT2D eigenvalue weighted by molar-refractivity contribution is 0.311. The molecule has 2 unspecified atom stereocenters. The Morgan fingerprint density at radius 3 is 2.79 bits per heavy atom. The molecule has 156 valence electrons. The van der Waals surface area contributed by atoms with Gasteiger partial charge in [0.25, 0.3) is 0 Å². The lowest BCUT2D eigenvalue weighted by atomic mass is 9.91. The molecule has 4 rings (SSSR count). The van der Waals surface area contributed by atoms with Crippen LogP contribution >= 0.6 is 34.8 Å². The molecule has 2 saturated heterocycles. The van der Waals surface area contributed by atoms with Gasteiger partial charge in [-0.1, -0.05) is 47.3 Å². The van der Waals surface area contributed by atoms with Crippen LogP contribution in [0.3, 0.4) is 0 Å². The van der Waals surface area contributed by atoms with E-state index in [-0.39, 0.29) is 0 Å². The van der Waals surface area contributed by atoms with Crippen LogP contribution < -0.4 is 15.5 Å². The fourth-order valence-electron chi connectivity index (χ4n) is 4.23. The first-order valence-electron chi connectivity index (χ1n) is 10.2. The van der Waals surface area contributed by atoms with E-state index in [0.717, 1.165) is 36.8 Å². The second kappa shape index (κ2) is 9.25. The first-order chi connectivity index (χ1) is 14.0. The molecule has 0 radical (unpaired) electrons. The van der Waals surface area contributed by atoms with Crippen molar-refractivity contribution in [3.8, 4) is 0 Å². The molecular weight excluding hydrogens is 429 g/mol. The first kappa shape index (κ1) is 21.0. The summed E-state index contributed by atoms with van der Waals surface area (Å²) in [6.45, 7) is 5.54. The number of halogens is 3. The van der Waals surface area contributed by atoms with Crippen LogP contribution in [-0.2, 0) is 6.54 Å². The number of hydrogen-bond donors (Lipinski definition) is 2. The van der Waals surface area contributed by atoms with Gasteiger partial charge in [0, 0.05) is 35.7 Å². The summed E-state index contributed by atoms with van der Waals surface area (Å²) >= 11 is 18.8. The second-order valence-corrected chi connectivity index (χ2v) is 9.13. The molecule has 0 aliphatic carbocycles. The van der Waals surface area contributed by atoms with Crippen LogP contribution in [0.15, 0.2) is 18.2 Å². The summed E-state index contributed by atoms with van der Waals surface area (Å²) in [4.78, 5) is 11.7. The Kier molecular flexibility index (Phi) is 6.69. The molecule has 1 aromatic carbocycles. The number of anilines is 2. The maximum atomic E-state index is 6.48. The lowest BCUT2D eigenvalue weighted by Gasteiger charge is -2.29. The SMILES string of the molecule is Cc1nc(N2CCC(C3CCCCN3)C2)nc(NCc2ccc(Cl)cc2Cl)c1Cl. The quantitative estimate of drug-likeness (QED) is 0.640. The zero-order valence-electron chi connectivity index (χ0n) is 16.5. The fourth-order valence-corrected chi connectivity index (χ4v) is 4.85. The Morgan fingerprint density at radius 1 is 1.17 bits per heavy atom. The van der Waals surface area contributed by atoms with Gasteiger partial charge in [-0.3, -0.25) is 0 Å². The molecule has 5 nitrogen and oxygen atoms in total. The maximum Gasteiger partial charge on any atom is 0.227 e. The van der Waals surface area contributed by atoms with E-state index in [9.17, 15) is 0 Å². The summed E-state index contributed by atoms with van der Waals surface area (Å²) in [5.41, 5.74) is 1.72. The number of hydrogen-bond acceptors (Lipinski definition) is 5. The summed E-state index contributed by atoms with van der Waals surface area (Å²) in [6, 6.07) is 6.09. The number of aryl methyl sites for hydroxylation is 1. The van der Waals surface area contributed by atoms with Crippen molar-refractivity contribution in [2.45, 2.75) is 45.2 Å². The van der Waals surface area contributed by atoms with Crippen LogP contribution in [0.1, 0.15) is 36.9 Å². The molecule has 0 bridgehead atoms. The molecule has 2 N–H and O–H groups in total. The Hall–Kier alpha value is -1.27. The van der Waals surface area contributed by atoms with Crippen molar-refractivity contribution < 1.29 is 0 Å². The normalized spacial score (nSPS) is 22.1. The van der Waals surface area contributed by atoms with Crippen LogP contribution in [0.25, 0.3) is 0 Å². The number of benzene rings is 1. The van der Waals surface area contributed by atoms with Crippen LogP contribution in [0.2, 0.25) is 15.1 Å². The molecule has 2 aromatic rings. The minimum Gasteiger partial charge on any atom is -0.365 e. The average Bonchev–Trinajstić information content (AvgIpc) is 3.21. The second-order valence-electron chi connectivity index (χ2n) is 7.91. The van der Waals surface area contributed by atoms with Crippen LogP contribution in [0, 0.1) is 12.8 Å². The van der Waals surface area contributed by atoms with Crippen molar-refractivity contribution in [1.82, 2.24) is 15.3 Å². The molecule has 2 fully saturated rings. The van der Waals surface area contributed by atoms with Crippen molar-refractivity contribution in [3.63, 3.8) is 0 Å². The predicted octanol–water partition coefficient (Wildman–Crippen LogP) is 5.33. The van der Waals surface area contributed by atoms with Crippen molar-refractivity contribution in [2.24, 2.45) is 5.92 Å². The number of nitrogens with one attached hydrogen (secondary N) is 2. The molecule has 2 atom stereocenters. The van der Waals surface area contributed by atoms with E-state index in [1.54, 1.807) is 6.07 Å². The van der Waals surface area contributed by atoms with Crippen molar-refractivity contribution in [1.29, 1.82) is 0 Å². The highest BCUT2D eigenvalue weighted by Gasteiger charge is 2.31. The van der Waals surface area contributed by atoms with Crippen LogP contribution in [0.4, 0.5) is 11.8 Å². The third kappa shape index (κ3) is 4.91. The third-order valence-electron chi connectivity index (χ3n) is 5.89. The molecule has 0 saturated carbocycles. The number of nitrogens with zero attached hydrogens (tertiary/aromatic N) is 3. The van der Waals surface area contributed by atoms with Crippen molar-refractivity contribution >= 4 is 46.6 Å². The number of aromatic nitrogens is 2.